The number of hydrogen-bond donors (Lipinski definition) is 0. The number of rotatable bonds is 15. The van der Waals surface area contributed by atoms with E-state index in [1.165, 1.54) is 38.2 Å². The fourth-order valence-corrected chi connectivity index (χ4v) is 5.21. The largest absolute Gasteiger partial charge is 0.462 e. The number of hydrogen-bond acceptors (Lipinski definition) is 4. The normalized spacial score (nSPS) is 11.5. The lowest BCUT2D eigenvalue weighted by molar-refractivity contribution is 0.0494. The van der Waals surface area contributed by atoms with Crippen LogP contribution in [0.25, 0.3) is 21.9 Å². The first kappa shape index (κ1) is 34.4. The van der Waals surface area contributed by atoms with Gasteiger partial charge in [0.1, 0.15) is 11.6 Å². The van der Waals surface area contributed by atoms with Crippen molar-refractivity contribution in [1.82, 2.24) is 0 Å². The Morgan fingerprint density at radius 3 is 2.20 bits per heavy atom. The van der Waals surface area contributed by atoms with Gasteiger partial charge in [0.25, 0.3) is 0 Å². The minimum absolute atomic E-state index is 0.337. The highest BCUT2D eigenvalue weighted by Crippen LogP contribution is 2.25. The molecule has 0 spiro atoms. The predicted molar refractivity (Wildman–Crippen MR) is 185 cm³/mol. The van der Waals surface area contributed by atoms with Crippen LogP contribution in [-0.2, 0) is 4.74 Å². The van der Waals surface area contributed by atoms with Gasteiger partial charge < -0.3 is 9.47 Å². The van der Waals surface area contributed by atoms with Gasteiger partial charge in [0.2, 0.25) is 0 Å². The summed E-state index contributed by atoms with van der Waals surface area (Å²) in [5.74, 6) is 5.91. The second-order valence-electron chi connectivity index (χ2n) is 12.0. The number of fused-ring (bicyclic) bond motifs is 1. The molecule has 0 aromatic heterocycles. The molecule has 46 heavy (non-hydrogen) atoms. The summed E-state index contributed by atoms with van der Waals surface area (Å²) in [6.07, 6.45) is 11.0. The first-order valence-electron chi connectivity index (χ1n) is 16.7. The number of unbranched alkanes of at least 4 members (excludes halogenated alkanes) is 6. The first-order chi connectivity index (χ1) is 22.4. The van der Waals surface area contributed by atoms with Crippen LogP contribution in [0.15, 0.2) is 78.9 Å². The van der Waals surface area contributed by atoms with E-state index in [4.69, 9.17) is 9.47 Å². The van der Waals surface area contributed by atoms with Crippen molar-refractivity contribution >= 4 is 22.7 Å². The quantitative estimate of drug-likeness (QED) is 0.0574. The smallest absolute Gasteiger partial charge is 0.343 e. The molecule has 0 heterocycles. The van der Waals surface area contributed by atoms with E-state index < -0.39 is 5.97 Å². The molecule has 0 aliphatic heterocycles. The average molecular weight is 621 g/mol. The highest BCUT2D eigenvalue weighted by molar-refractivity contribution is 5.96. The molecule has 1 unspecified atom stereocenters. The third-order valence-corrected chi connectivity index (χ3v) is 8.33. The Balaban J connectivity index is 1.30. The summed E-state index contributed by atoms with van der Waals surface area (Å²) < 4.78 is 25.9. The minimum atomic E-state index is -0.495. The molecule has 4 aromatic carbocycles. The van der Waals surface area contributed by atoms with E-state index in [1.807, 2.05) is 18.2 Å². The highest BCUT2D eigenvalue weighted by atomic mass is 19.1. The lowest BCUT2D eigenvalue weighted by Gasteiger charge is -2.10. The first-order valence-corrected chi connectivity index (χ1v) is 16.7. The molecule has 0 saturated carbocycles. The van der Waals surface area contributed by atoms with Crippen LogP contribution < -0.4 is 4.74 Å². The molecule has 0 amide bonds. The van der Waals surface area contributed by atoms with Crippen LogP contribution in [0.1, 0.15) is 111 Å². The lowest BCUT2D eigenvalue weighted by Crippen LogP contribution is -2.08. The summed E-state index contributed by atoms with van der Waals surface area (Å²) in [6.45, 7) is 6.98. The van der Waals surface area contributed by atoms with E-state index in [9.17, 15) is 14.0 Å². The number of halogens is 1. The molecule has 0 aliphatic rings. The van der Waals surface area contributed by atoms with Crippen molar-refractivity contribution < 1.29 is 23.5 Å². The zero-order valence-corrected chi connectivity index (χ0v) is 27.4. The summed E-state index contributed by atoms with van der Waals surface area (Å²) in [6, 6.07) is 22.6. The molecule has 240 valence electrons. The highest BCUT2D eigenvalue weighted by Gasteiger charge is 2.12. The van der Waals surface area contributed by atoms with E-state index in [0.29, 0.717) is 40.5 Å². The van der Waals surface area contributed by atoms with Crippen molar-refractivity contribution in [1.29, 1.82) is 0 Å². The maximum atomic E-state index is 14.8. The summed E-state index contributed by atoms with van der Waals surface area (Å²) in [7, 11) is 0. The van der Waals surface area contributed by atoms with Gasteiger partial charge in [-0.15, -0.1) is 0 Å². The SMILES string of the molecule is CCCCCCCCC#Cc1ccc(-c2ccc(C(=O)Oc3ccc4cc(C(=O)OCCCC(C)CC)ccc4c3)cc2)cc1F. The molecular formula is C41H45FO4. The molecule has 4 nitrogen and oxygen atoms in total. The Labute approximate surface area is 273 Å². The fraction of sp³-hybridized carbons (Fsp3) is 0.366. The number of carbonyl (C=O) groups excluding carboxylic acids is 2. The van der Waals surface area contributed by atoms with Gasteiger partial charge in [-0.05, 0) is 95.6 Å². The van der Waals surface area contributed by atoms with Gasteiger partial charge in [0, 0.05) is 6.42 Å². The summed E-state index contributed by atoms with van der Waals surface area (Å²) in [5.41, 5.74) is 2.77. The zero-order valence-electron chi connectivity index (χ0n) is 27.4. The average Bonchev–Trinajstić information content (AvgIpc) is 3.08. The van der Waals surface area contributed by atoms with Gasteiger partial charge in [-0.3, -0.25) is 0 Å². The van der Waals surface area contributed by atoms with Crippen LogP contribution in [0.2, 0.25) is 0 Å². The van der Waals surface area contributed by atoms with Crippen LogP contribution >= 0.6 is 0 Å². The van der Waals surface area contributed by atoms with E-state index >= 15 is 0 Å². The van der Waals surface area contributed by atoms with Crippen molar-refractivity contribution in [2.75, 3.05) is 6.61 Å². The molecule has 5 heteroatoms. The summed E-state index contributed by atoms with van der Waals surface area (Å²) in [4.78, 5) is 25.4. The van der Waals surface area contributed by atoms with Crippen LogP contribution in [0.5, 0.6) is 5.75 Å². The number of benzene rings is 4. The van der Waals surface area contributed by atoms with Gasteiger partial charge in [-0.1, -0.05) is 101 Å². The summed E-state index contributed by atoms with van der Waals surface area (Å²) in [5, 5.41) is 1.69. The second kappa shape index (κ2) is 17.9. The number of esters is 2. The van der Waals surface area contributed by atoms with E-state index in [1.54, 1.807) is 54.6 Å². The molecule has 0 radical (unpaired) electrons. The molecule has 0 saturated heterocycles. The molecule has 0 fully saturated rings. The van der Waals surface area contributed by atoms with Gasteiger partial charge in [-0.25, -0.2) is 14.0 Å². The van der Waals surface area contributed by atoms with Crippen LogP contribution in [0.3, 0.4) is 0 Å². The van der Waals surface area contributed by atoms with Crippen molar-refractivity contribution in [3.63, 3.8) is 0 Å². The minimum Gasteiger partial charge on any atom is -0.462 e. The Morgan fingerprint density at radius 2 is 1.43 bits per heavy atom. The Kier molecular flexibility index (Phi) is 13.4. The maximum absolute atomic E-state index is 14.8. The molecule has 4 rings (SSSR count). The van der Waals surface area contributed by atoms with Crippen molar-refractivity contribution in [3.05, 3.63) is 101 Å². The topological polar surface area (TPSA) is 52.6 Å². The number of ether oxygens (including phenoxy) is 2. The Hall–Kier alpha value is -4.43. The third kappa shape index (κ3) is 10.3. The van der Waals surface area contributed by atoms with Crippen molar-refractivity contribution in [3.8, 4) is 28.7 Å². The maximum Gasteiger partial charge on any atom is 0.343 e. The van der Waals surface area contributed by atoms with E-state index in [-0.39, 0.29) is 11.8 Å². The monoisotopic (exact) mass is 620 g/mol. The molecule has 4 aromatic rings. The molecule has 0 aliphatic carbocycles. The standard InChI is InChI=1S/C41H45FO4/c1-4-6-7-8-9-10-11-12-15-32-18-21-36(29-39(32)42)31-16-19-33(20-17-31)41(44)46-38-25-24-34-27-37(23-22-35(34)28-38)40(43)45-26-13-14-30(3)5-2/h16-25,27-30H,4-11,13-14,26H2,1-3H3. The molecular weight excluding hydrogens is 575 g/mol. The molecule has 1 atom stereocenters. The summed E-state index contributed by atoms with van der Waals surface area (Å²) >= 11 is 0. The molecule has 0 bridgehead atoms. The van der Waals surface area contributed by atoms with E-state index in [0.717, 1.165) is 48.4 Å². The number of carbonyl (C=O) groups is 2. The second-order valence-corrected chi connectivity index (χ2v) is 12.0. The Morgan fingerprint density at radius 1 is 0.739 bits per heavy atom. The van der Waals surface area contributed by atoms with Gasteiger partial charge in [-0.2, -0.15) is 0 Å². The van der Waals surface area contributed by atoms with Crippen molar-refractivity contribution in [2.45, 2.75) is 85.0 Å². The van der Waals surface area contributed by atoms with Crippen LogP contribution in [0, 0.1) is 23.6 Å². The predicted octanol–water partition coefficient (Wildman–Crippen LogP) is 11.0. The molecule has 0 N–H and O–H groups in total. The fourth-order valence-electron chi connectivity index (χ4n) is 5.21. The van der Waals surface area contributed by atoms with Gasteiger partial charge in [0.05, 0.1) is 23.3 Å². The Bertz CT molecular complexity index is 1660. The lowest BCUT2D eigenvalue weighted by atomic mass is 10.0. The van der Waals surface area contributed by atoms with E-state index in [2.05, 4.69) is 32.6 Å². The van der Waals surface area contributed by atoms with Crippen molar-refractivity contribution in [2.24, 2.45) is 5.92 Å². The van der Waals surface area contributed by atoms with Crippen LogP contribution in [0.4, 0.5) is 4.39 Å². The van der Waals surface area contributed by atoms with Gasteiger partial charge in [0.15, 0.2) is 0 Å². The zero-order chi connectivity index (χ0) is 32.7. The van der Waals surface area contributed by atoms with Gasteiger partial charge >= 0.3 is 11.9 Å². The third-order valence-electron chi connectivity index (χ3n) is 8.33. The van der Waals surface area contributed by atoms with Crippen LogP contribution in [-0.4, -0.2) is 18.5 Å².